The SMILES string of the molecule is O=C(CSc1nc2ccccc2[nH]1)C1CCOC1. The molecule has 0 amide bonds. The van der Waals surface area contributed by atoms with E-state index in [1.807, 2.05) is 24.3 Å². The summed E-state index contributed by atoms with van der Waals surface area (Å²) in [5.74, 6) is 0.813. The number of ketones is 1. The first-order chi connectivity index (χ1) is 8.83. The lowest BCUT2D eigenvalue weighted by molar-refractivity contribution is -0.120. The molecule has 1 aromatic heterocycles. The van der Waals surface area contributed by atoms with Crippen LogP contribution in [0.15, 0.2) is 29.4 Å². The number of benzene rings is 1. The summed E-state index contributed by atoms with van der Waals surface area (Å²) >= 11 is 1.47. The number of carbonyl (C=O) groups excluding carboxylic acids is 1. The molecule has 18 heavy (non-hydrogen) atoms. The number of hydrogen-bond donors (Lipinski definition) is 1. The number of rotatable bonds is 4. The van der Waals surface area contributed by atoms with Gasteiger partial charge in [-0.05, 0) is 18.6 Å². The maximum absolute atomic E-state index is 11.9. The van der Waals surface area contributed by atoms with Gasteiger partial charge in [-0.25, -0.2) is 4.98 Å². The molecule has 1 atom stereocenters. The lowest BCUT2D eigenvalue weighted by Crippen LogP contribution is -2.16. The lowest BCUT2D eigenvalue weighted by atomic mass is 10.1. The molecule has 2 aromatic rings. The predicted octanol–water partition coefficient (Wildman–Crippen LogP) is 2.26. The van der Waals surface area contributed by atoms with Crippen LogP contribution in [0.3, 0.4) is 0 Å². The Bertz CT molecular complexity index is 528. The first-order valence-electron chi connectivity index (χ1n) is 6.01. The third-order valence-electron chi connectivity index (χ3n) is 3.10. The highest BCUT2D eigenvalue weighted by Gasteiger charge is 2.23. The molecule has 1 saturated heterocycles. The van der Waals surface area contributed by atoms with E-state index >= 15 is 0 Å². The Balaban J connectivity index is 1.63. The fourth-order valence-electron chi connectivity index (χ4n) is 2.04. The number of aromatic amines is 1. The average Bonchev–Trinajstić information content (AvgIpc) is 3.04. The van der Waals surface area contributed by atoms with Crippen LogP contribution in [0.25, 0.3) is 11.0 Å². The third kappa shape index (κ3) is 2.42. The van der Waals surface area contributed by atoms with Crippen LogP contribution >= 0.6 is 11.8 Å². The summed E-state index contributed by atoms with van der Waals surface area (Å²) in [6, 6.07) is 7.87. The molecule has 1 aliphatic rings. The van der Waals surface area contributed by atoms with Crippen LogP contribution in [-0.2, 0) is 9.53 Å². The Morgan fingerprint density at radius 2 is 2.39 bits per heavy atom. The van der Waals surface area contributed by atoms with Gasteiger partial charge in [0.05, 0.1) is 23.4 Å². The summed E-state index contributed by atoms with van der Waals surface area (Å²) in [6.45, 7) is 1.30. The van der Waals surface area contributed by atoms with Crippen LogP contribution in [0.1, 0.15) is 6.42 Å². The second kappa shape index (κ2) is 5.12. The molecule has 1 unspecified atom stereocenters. The fraction of sp³-hybridized carbons (Fsp3) is 0.385. The summed E-state index contributed by atoms with van der Waals surface area (Å²) in [4.78, 5) is 19.5. The van der Waals surface area contributed by atoms with Crippen molar-refractivity contribution in [3.8, 4) is 0 Å². The topological polar surface area (TPSA) is 55.0 Å². The largest absolute Gasteiger partial charge is 0.381 e. The van der Waals surface area contributed by atoms with E-state index in [0.717, 1.165) is 22.6 Å². The zero-order valence-corrected chi connectivity index (χ0v) is 10.7. The van der Waals surface area contributed by atoms with E-state index in [0.29, 0.717) is 19.0 Å². The van der Waals surface area contributed by atoms with Gasteiger partial charge in [0, 0.05) is 12.5 Å². The maximum atomic E-state index is 11.9. The smallest absolute Gasteiger partial charge is 0.166 e. The Morgan fingerprint density at radius 1 is 1.50 bits per heavy atom. The molecule has 0 aliphatic carbocycles. The molecule has 0 saturated carbocycles. The average molecular weight is 262 g/mol. The Hall–Kier alpha value is -1.33. The van der Waals surface area contributed by atoms with Gasteiger partial charge >= 0.3 is 0 Å². The normalized spacial score (nSPS) is 19.4. The number of carbonyl (C=O) groups is 1. The van der Waals surface area contributed by atoms with Crippen molar-refractivity contribution in [3.05, 3.63) is 24.3 Å². The molecule has 1 N–H and O–H groups in total. The Kier molecular flexibility index (Phi) is 3.34. The van der Waals surface area contributed by atoms with Gasteiger partial charge in [0.2, 0.25) is 0 Å². The number of fused-ring (bicyclic) bond motifs is 1. The van der Waals surface area contributed by atoms with Crippen LogP contribution in [0.4, 0.5) is 0 Å². The van der Waals surface area contributed by atoms with Crippen molar-refractivity contribution in [1.29, 1.82) is 0 Å². The number of nitrogens with zero attached hydrogens (tertiary/aromatic N) is 1. The molecular formula is C13H14N2O2S. The molecule has 2 heterocycles. The van der Waals surface area contributed by atoms with E-state index in [4.69, 9.17) is 4.74 Å². The molecule has 5 heteroatoms. The van der Waals surface area contributed by atoms with Gasteiger partial charge in [0.25, 0.3) is 0 Å². The van der Waals surface area contributed by atoms with Gasteiger partial charge in [-0.15, -0.1) is 0 Å². The number of Topliss-reactive ketones (excluding diaryl/α,β-unsaturated/α-hetero) is 1. The van der Waals surface area contributed by atoms with Gasteiger partial charge in [-0.3, -0.25) is 4.79 Å². The minimum absolute atomic E-state index is 0.0851. The molecular weight excluding hydrogens is 248 g/mol. The van der Waals surface area contributed by atoms with Crippen molar-refractivity contribution in [2.75, 3.05) is 19.0 Å². The van der Waals surface area contributed by atoms with E-state index < -0.39 is 0 Å². The minimum Gasteiger partial charge on any atom is -0.381 e. The summed E-state index contributed by atoms with van der Waals surface area (Å²) < 4.78 is 5.22. The minimum atomic E-state index is 0.0851. The third-order valence-corrected chi connectivity index (χ3v) is 4.00. The number of hydrogen-bond acceptors (Lipinski definition) is 4. The zero-order valence-electron chi connectivity index (χ0n) is 9.89. The standard InChI is InChI=1S/C13H14N2O2S/c16-12(9-5-6-17-7-9)8-18-13-14-10-3-1-2-4-11(10)15-13/h1-4,9H,5-8H2,(H,14,15). The monoisotopic (exact) mass is 262 g/mol. The molecule has 0 radical (unpaired) electrons. The number of aromatic nitrogens is 2. The van der Waals surface area contributed by atoms with E-state index in [1.54, 1.807) is 0 Å². The summed E-state index contributed by atoms with van der Waals surface area (Å²) in [5, 5.41) is 0.809. The highest BCUT2D eigenvalue weighted by atomic mass is 32.2. The molecule has 94 valence electrons. The van der Waals surface area contributed by atoms with E-state index in [9.17, 15) is 4.79 Å². The Morgan fingerprint density at radius 3 is 3.17 bits per heavy atom. The number of ether oxygens (including phenoxy) is 1. The number of thioether (sulfide) groups is 1. The first kappa shape index (κ1) is 11.7. The molecule has 1 fully saturated rings. The molecule has 1 aliphatic heterocycles. The maximum Gasteiger partial charge on any atom is 0.166 e. The van der Waals surface area contributed by atoms with Crippen molar-refractivity contribution in [3.63, 3.8) is 0 Å². The number of imidazole rings is 1. The van der Waals surface area contributed by atoms with Crippen LogP contribution < -0.4 is 0 Å². The van der Waals surface area contributed by atoms with Crippen molar-refractivity contribution in [2.24, 2.45) is 5.92 Å². The molecule has 0 bridgehead atoms. The number of H-pyrrole nitrogens is 1. The highest BCUT2D eigenvalue weighted by molar-refractivity contribution is 7.99. The van der Waals surface area contributed by atoms with Crippen molar-refractivity contribution in [1.82, 2.24) is 9.97 Å². The molecule has 3 rings (SSSR count). The quantitative estimate of drug-likeness (QED) is 0.859. The second-order valence-electron chi connectivity index (χ2n) is 4.37. The van der Waals surface area contributed by atoms with Crippen LogP contribution in [0, 0.1) is 5.92 Å². The predicted molar refractivity (Wildman–Crippen MR) is 70.8 cm³/mol. The van der Waals surface area contributed by atoms with Gasteiger partial charge < -0.3 is 9.72 Å². The van der Waals surface area contributed by atoms with Crippen LogP contribution in [-0.4, -0.2) is 34.7 Å². The summed E-state index contributed by atoms with van der Waals surface area (Å²) in [5.41, 5.74) is 1.95. The molecule has 4 nitrogen and oxygen atoms in total. The fourth-order valence-corrected chi connectivity index (χ4v) is 2.90. The molecule has 1 aromatic carbocycles. The zero-order chi connectivity index (χ0) is 12.4. The van der Waals surface area contributed by atoms with Gasteiger partial charge in [0.15, 0.2) is 5.16 Å². The molecule has 0 spiro atoms. The van der Waals surface area contributed by atoms with Gasteiger partial charge in [-0.2, -0.15) is 0 Å². The van der Waals surface area contributed by atoms with Crippen LogP contribution in [0.5, 0.6) is 0 Å². The van der Waals surface area contributed by atoms with Crippen molar-refractivity contribution in [2.45, 2.75) is 11.6 Å². The summed E-state index contributed by atoms with van der Waals surface area (Å²) in [7, 11) is 0. The second-order valence-corrected chi connectivity index (χ2v) is 5.34. The van der Waals surface area contributed by atoms with Gasteiger partial charge in [0.1, 0.15) is 5.78 Å². The number of nitrogens with one attached hydrogen (secondary N) is 1. The van der Waals surface area contributed by atoms with Gasteiger partial charge in [-0.1, -0.05) is 23.9 Å². The first-order valence-corrected chi connectivity index (χ1v) is 6.99. The Labute approximate surface area is 109 Å². The van der Waals surface area contributed by atoms with Crippen molar-refractivity contribution < 1.29 is 9.53 Å². The highest BCUT2D eigenvalue weighted by Crippen LogP contribution is 2.22. The lowest BCUT2D eigenvalue weighted by Gasteiger charge is -2.04. The van der Waals surface area contributed by atoms with E-state index in [1.165, 1.54) is 11.8 Å². The van der Waals surface area contributed by atoms with E-state index in [2.05, 4.69) is 9.97 Å². The summed E-state index contributed by atoms with van der Waals surface area (Å²) in [6.07, 6.45) is 0.861. The number of para-hydroxylation sites is 2. The van der Waals surface area contributed by atoms with E-state index in [-0.39, 0.29) is 11.7 Å². The van der Waals surface area contributed by atoms with Crippen molar-refractivity contribution >= 4 is 28.6 Å². The van der Waals surface area contributed by atoms with Crippen LogP contribution in [0.2, 0.25) is 0 Å².